The second-order valence-corrected chi connectivity index (χ2v) is 5.09. The van der Waals surface area contributed by atoms with Gasteiger partial charge < -0.3 is 9.47 Å². The summed E-state index contributed by atoms with van der Waals surface area (Å²) in [4.78, 5) is 11.5. The van der Waals surface area contributed by atoms with Crippen LogP contribution in [0.2, 0.25) is 0 Å². The molecule has 86 valence electrons. The summed E-state index contributed by atoms with van der Waals surface area (Å²) in [5, 5.41) is -1.18. The van der Waals surface area contributed by atoms with E-state index in [1.54, 1.807) is 0 Å². The first-order chi connectivity index (χ1) is 7.08. The van der Waals surface area contributed by atoms with Crippen LogP contribution in [-0.2, 0) is 14.3 Å². The highest BCUT2D eigenvalue weighted by Crippen LogP contribution is 2.60. The molecule has 1 aliphatic carbocycles. The van der Waals surface area contributed by atoms with Gasteiger partial charge in [0.05, 0.1) is 7.11 Å². The number of rotatable bonds is 2. The molecular weight excluding hydrogens is 216 g/mol. The molecular formula is C11H17ClO3. The zero-order valence-corrected chi connectivity index (χ0v) is 9.97. The maximum Gasteiger partial charge on any atom is 0.357 e. The highest BCUT2D eigenvalue weighted by molar-refractivity contribution is 6.36. The van der Waals surface area contributed by atoms with E-state index in [0.717, 1.165) is 25.7 Å². The first-order valence-corrected chi connectivity index (χ1v) is 5.93. The van der Waals surface area contributed by atoms with Gasteiger partial charge in [-0.25, -0.2) is 4.79 Å². The minimum Gasteiger partial charge on any atom is -0.466 e. The molecule has 3 atom stereocenters. The molecule has 2 aliphatic rings. The minimum atomic E-state index is -1.18. The van der Waals surface area contributed by atoms with Gasteiger partial charge in [-0.15, -0.1) is 0 Å². The second kappa shape index (κ2) is 3.63. The summed E-state index contributed by atoms with van der Waals surface area (Å²) in [6.07, 6.45) is 5.20. The van der Waals surface area contributed by atoms with Gasteiger partial charge in [-0.3, -0.25) is 0 Å². The number of esters is 1. The van der Waals surface area contributed by atoms with Gasteiger partial charge in [0.25, 0.3) is 5.06 Å². The number of epoxide rings is 1. The normalized spacial score (nSPS) is 44.1. The van der Waals surface area contributed by atoms with Crippen LogP contribution in [0.5, 0.6) is 0 Å². The summed E-state index contributed by atoms with van der Waals surface area (Å²) < 4.78 is 10.2. The van der Waals surface area contributed by atoms with E-state index >= 15 is 0 Å². The lowest BCUT2D eigenvalue weighted by atomic mass is 9.78. The van der Waals surface area contributed by atoms with Crippen LogP contribution in [0.25, 0.3) is 0 Å². The topological polar surface area (TPSA) is 38.8 Å². The van der Waals surface area contributed by atoms with Crippen molar-refractivity contribution in [2.45, 2.75) is 49.7 Å². The fourth-order valence-corrected chi connectivity index (χ4v) is 3.08. The van der Waals surface area contributed by atoms with Crippen molar-refractivity contribution in [2.75, 3.05) is 7.11 Å². The Kier molecular flexibility index (Phi) is 2.72. The van der Waals surface area contributed by atoms with Crippen molar-refractivity contribution in [3.8, 4) is 0 Å². The van der Waals surface area contributed by atoms with E-state index in [9.17, 15) is 4.79 Å². The van der Waals surface area contributed by atoms with E-state index in [4.69, 9.17) is 16.3 Å². The van der Waals surface area contributed by atoms with Crippen LogP contribution >= 0.6 is 11.6 Å². The van der Waals surface area contributed by atoms with Crippen molar-refractivity contribution in [3.63, 3.8) is 0 Å². The third kappa shape index (κ3) is 1.56. The van der Waals surface area contributed by atoms with Crippen molar-refractivity contribution in [3.05, 3.63) is 0 Å². The Morgan fingerprint density at radius 2 is 2.40 bits per heavy atom. The van der Waals surface area contributed by atoms with E-state index in [1.807, 2.05) is 0 Å². The summed E-state index contributed by atoms with van der Waals surface area (Å²) in [5.74, 6) is 0.185. The highest BCUT2D eigenvalue weighted by Gasteiger charge is 2.75. The Bertz CT molecular complexity index is 281. The summed E-state index contributed by atoms with van der Waals surface area (Å²) >= 11 is 6.16. The van der Waals surface area contributed by atoms with Crippen LogP contribution in [0.4, 0.5) is 0 Å². The average Bonchev–Trinajstić information content (AvgIpc) is 2.83. The highest BCUT2D eigenvalue weighted by atomic mass is 35.5. The first-order valence-electron chi connectivity index (χ1n) is 5.55. The van der Waals surface area contributed by atoms with Gasteiger partial charge in [-0.2, -0.15) is 0 Å². The molecule has 1 spiro atoms. The van der Waals surface area contributed by atoms with Crippen molar-refractivity contribution < 1.29 is 14.3 Å². The number of hydrogen-bond acceptors (Lipinski definition) is 3. The van der Waals surface area contributed by atoms with Gasteiger partial charge in [0.1, 0.15) is 5.60 Å². The molecule has 1 saturated heterocycles. The SMILES string of the molecule is CCC1CCCC2(C1)OC2(Cl)C(=O)OC. The number of hydrogen-bond donors (Lipinski definition) is 0. The van der Waals surface area contributed by atoms with E-state index in [0.29, 0.717) is 5.92 Å². The van der Waals surface area contributed by atoms with E-state index in [1.165, 1.54) is 13.5 Å². The summed E-state index contributed by atoms with van der Waals surface area (Å²) in [7, 11) is 1.35. The van der Waals surface area contributed by atoms with Crippen LogP contribution in [-0.4, -0.2) is 23.7 Å². The molecule has 0 aromatic rings. The summed E-state index contributed by atoms with van der Waals surface area (Å²) in [5.41, 5.74) is -0.430. The Labute approximate surface area is 95.1 Å². The maximum atomic E-state index is 11.5. The van der Waals surface area contributed by atoms with Gasteiger partial charge in [0.2, 0.25) is 0 Å². The van der Waals surface area contributed by atoms with Crippen LogP contribution in [0.1, 0.15) is 39.0 Å². The standard InChI is InChI=1S/C11H17ClO3/c1-3-8-5-4-6-10(7-8)11(12,15-10)9(13)14-2/h8H,3-7H2,1-2H3. The smallest absolute Gasteiger partial charge is 0.357 e. The molecule has 0 bridgehead atoms. The Morgan fingerprint density at radius 1 is 1.67 bits per heavy atom. The third-order valence-electron chi connectivity index (χ3n) is 3.72. The zero-order valence-electron chi connectivity index (χ0n) is 9.22. The molecule has 0 radical (unpaired) electrons. The molecule has 1 aliphatic heterocycles. The van der Waals surface area contributed by atoms with Gasteiger partial charge in [-0.1, -0.05) is 37.8 Å². The molecule has 0 N–H and O–H groups in total. The summed E-state index contributed by atoms with van der Waals surface area (Å²) in [6, 6.07) is 0. The van der Waals surface area contributed by atoms with E-state index in [2.05, 4.69) is 11.7 Å². The zero-order chi connectivity index (χ0) is 11.1. The van der Waals surface area contributed by atoms with Crippen molar-refractivity contribution in [1.29, 1.82) is 0 Å². The molecule has 0 aromatic heterocycles. The number of carbonyl (C=O) groups is 1. The molecule has 0 amide bonds. The van der Waals surface area contributed by atoms with Crippen LogP contribution in [0.3, 0.4) is 0 Å². The number of carbonyl (C=O) groups excluding carboxylic acids is 1. The molecule has 4 heteroatoms. The molecule has 3 unspecified atom stereocenters. The fraction of sp³-hybridized carbons (Fsp3) is 0.909. The molecule has 2 rings (SSSR count). The van der Waals surface area contributed by atoms with Gasteiger partial charge >= 0.3 is 5.97 Å². The first kappa shape index (κ1) is 11.2. The van der Waals surface area contributed by atoms with Gasteiger partial charge in [0, 0.05) is 0 Å². The maximum absolute atomic E-state index is 11.5. The lowest BCUT2D eigenvalue weighted by molar-refractivity contribution is -0.143. The largest absolute Gasteiger partial charge is 0.466 e. The second-order valence-electron chi connectivity index (χ2n) is 4.55. The van der Waals surface area contributed by atoms with Crippen molar-refractivity contribution in [2.24, 2.45) is 5.92 Å². The van der Waals surface area contributed by atoms with E-state index < -0.39 is 16.6 Å². The Hall–Kier alpha value is -0.280. The van der Waals surface area contributed by atoms with Gasteiger partial charge in [0.15, 0.2) is 0 Å². The minimum absolute atomic E-state index is 0.430. The number of alkyl halides is 1. The number of halogens is 1. The predicted molar refractivity (Wildman–Crippen MR) is 56.7 cm³/mol. The monoisotopic (exact) mass is 232 g/mol. The molecule has 0 aromatic carbocycles. The molecule has 1 heterocycles. The van der Waals surface area contributed by atoms with Crippen LogP contribution < -0.4 is 0 Å². The fourth-order valence-electron chi connectivity index (χ4n) is 2.68. The van der Waals surface area contributed by atoms with Gasteiger partial charge in [-0.05, 0) is 18.8 Å². The quantitative estimate of drug-likeness (QED) is 0.417. The van der Waals surface area contributed by atoms with Crippen molar-refractivity contribution >= 4 is 17.6 Å². The lowest BCUT2D eigenvalue weighted by Gasteiger charge is -2.26. The third-order valence-corrected chi connectivity index (χ3v) is 4.29. The number of ether oxygens (including phenoxy) is 2. The number of methoxy groups -OCH3 is 1. The van der Waals surface area contributed by atoms with Crippen molar-refractivity contribution in [1.82, 2.24) is 0 Å². The molecule has 1 saturated carbocycles. The molecule has 2 fully saturated rings. The van der Waals surface area contributed by atoms with Crippen LogP contribution in [0.15, 0.2) is 0 Å². The summed E-state index contributed by atoms with van der Waals surface area (Å²) in [6.45, 7) is 2.17. The average molecular weight is 233 g/mol. The Morgan fingerprint density at radius 3 is 3.00 bits per heavy atom. The lowest BCUT2D eigenvalue weighted by Crippen LogP contribution is -2.34. The molecule has 3 nitrogen and oxygen atoms in total. The predicted octanol–water partition coefficient (Wildman–Crippen LogP) is 2.46. The molecule has 15 heavy (non-hydrogen) atoms. The Balaban J connectivity index is 2.08. The van der Waals surface area contributed by atoms with Crippen LogP contribution in [0, 0.1) is 5.92 Å². The van der Waals surface area contributed by atoms with E-state index in [-0.39, 0.29) is 0 Å².